The summed E-state index contributed by atoms with van der Waals surface area (Å²) in [4.78, 5) is 14.3. The first-order chi connectivity index (χ1) is 14.6. The molecule has 0 bridgehead atoms. The maximum absolute atomic E-state index is 14.6. The Bertz CT molecular complexity index is 1440. The van der Waals surface area contributed by atoms with Gasteiger partial charge < -0.3 is 0 Å². The van der Waals surface area contributed by atoms with Crippen molar-refractivity contribution in [1.82, 2.24) is 19.4 Å². The van der Waals surface area contributed by atoms with Crippen LogP contribution in [-0.2, 0) is 0 Å². The summed E-state index contributed by atoms with van der Waals surface area (Å²) < 4.78 is 16.5. The molecule has 0 spiro atoms. The molecule has 0 aliphatic carbocycles. The zero-order valence-corrected chi connectivity index (χ0v) is 16.7. The van der Waals surface area contributed by atoms with Crippen LogP contribution in [0.4, 0.5) is 4.39 Å². The van der Waals surface area contributed by atoms with Gasteiger partial charge in [0.25, 0.3) is 0 Å². The molecule has 0 saturated heterocycles. The van der Waals surface area contributed by atoms with Crippen molar-refractivity contribution in [1.29, 1.82) is 5.26 Å². The molecular weight excluding hydrogens is 397 g/mol. The van der Waals surface area contributed by atoms with E-state index in [1.807, 2.05) is 29.8 Å². The third-order valence-electron chi connectivity index (χ3n) is 4.85. The standard InChI is InChI=1S/C23H14FN5S/c1-14-26-13-22(30-14)20-8-9-29-21(12-27-23(29)28-20)15-6-7-19(24)18(10-15)17-5-3-2-4-16(17)11-25/h2-10,12-13H,1H3. The van der Waals surface area contributed by atoms with E-state index in [1.165, 1.54) is 6.07 Å². The van der Waals surface area contributed by atoms with Gasteiger partial charge in [0.2, 0.25) is 5.78 Å². The van der Waals surface area contributed by atoms with Crippen LogP contribution in [0, 0.1) is 24.1 Å². The van der Waals surface area contributed by atoms with Crippen molar-refractivity contribution in [3.8, 4) is 39.0 Å². The van der Waals surface area contributed by atoms with Gasteiger partial charge in [0, 0.05) is 29.1 Å². The molecule has 0 unspecified atom stereocenters. The van der Waals surface area contributed by atoms with Crippen LogP contribution in [0.25, 0.3) is 38.7 Å². The first-order valence-corrected chi connectivity index (χ1v) is 10.0. The highest BCUT2D eigenvalue weighted by Crippen LogP contribution is 2.31. The number of fused-ring (bicyclic) bond motifs is 1. The summed E-state index contributed by atoms with van der Waals surface area (Å²) in [6.07, 6.45) is 5.43. The second kappa shape index (κ2) is 7.17. The fraction of sp³-hybridized carbons (Fsp3) is 0.0435. The minimum Gasteiger partial charge on any atom is -0.284 e. The third-order valence-corrected chi connectivity index (χ3v) is 5.79. The van der Waals surface area contributed by atoms with E-state index in [4.69, 9.17) is 0 Å². The summed E-state index contributed by atoms with van der Waals surface area (Å²) in [5, 5.41) is 10.4. The van der Waals surface area contributed by atoms with Crippen molar-refractivity contribution in [2.45, 2.75) is 6.92 Å². The third kappa shape index (κ3) is 3.04. The van der Waals surface area contributed by atoms with Gasteiger partial charge in [-0.05, 0) is 37.3 Å². The zero-order chi connectivity index (χ0) is 20.7. The first-order valence-electron chi connectivity index (χ1n) is 9.20. The summed E-state index contributed by atoms with van der Waals surface area (Å²) in [5.41, 5.74) is 3.76. The second-order valence-electron chi connectivity index (χ2n) is 6.72. The SMILES string of the molecule is Cc1ncc(-c2ccn3c(-c4ccc(F)c(-c5ccccc5C#N)c4)cnc3n2)s1. The highest BCUT2D eigenvalue weighted by molar-refractivity contribution is 7.15. The van der Waals surface area contributed by atoms with Crippen LogP contribution in [0.3, 0.4) is 0 Å². The average Bonchev–Trinajstić information content (AvgIpc) is 3.40. The van der Waals surface area contributed by atoms with Crippen LogP contribution in [-0.4, -0.2) is 19.4 Å². The van der Waals surface area contributed by atoms with E-state index < -0.39 is 0 Å². The van der Waals surface area contributed by atoms with Crippen LogP contribution in [0.15, 0.2) is 67.1 Å². The lowest BCUT2D eigenvalue weighted by Gasteiger charge is -2.09. The highest BCUT2D eigenvalue weighted by atomic mass is 32.1. The summed E-state index contributed by atoms with van der Waals surface area (Å²) >= 11 is 1.58. The number of nitrogens with zero attached hydrogens (tertiary/aromatic N) is 5. The Morgan fingerprint density at radius 3 is 2.70 bits per heavy atom. The Balaban J connectivity index is 1.62. The molecule has 0 atom stereocenters. The van der Waals surface area contributed by atoms with Crippen LogP contribution in [0.5, 0.6) is 0 Å². The van der Waals surface area contributed by atoms with E-state index in [2.05, 4.69) is 21.0 Å². The van der Waals surface area contributed by atoms with Gasteiger partial charge in [-0.25, -0.2) is 19.3 Å². The second-order valence-corrected chi connectivity index (χ2v) is 7.96. The van der Waals surface area contributed by atoms with E-state index in [0.717, 1.165) is 26.8 Å². The minimum atomic E-state index is -0.378. The maximum atomic E-state index is 14.6. The van der Waals surface area contributed by atoms with Gasteiger partial charge in [0.15, 0.2) is 0 Å². The number of halogens is 1. The normalized spacial score (nSPS) is 11.0. The van der Waals surface area contributed by atoms with Gasteiger partial charge in [-0.15, -0.1) is 11.3 Å². The van der Waals surface area contributed by atoms with Crippen molar-refractivity contribution >= 4 is 17.1 Å². The fourth-order valence-corrected chi connectivity index (χ4v) is 4.16. The smallest absolute Gasteiger partial charge is 0.234 e. The average molecular weight is 411 g/mol. The monoisotopic (exact) mass is 411 g/mol. The molecule has 144 valence electrons. The molecular formula is C23H14FN5S. The molecule has 0 aliphatic heterocycles. The molecule has 0 saturated carbocycles. The first kappa shape index (κ1) is 18.2. The number of hydrogen-bond acceptors (Lipinski definition) is 5. The molecule has 30 heavy (non-hydrogen) atoms. The number of aryl methyl sites for hydroxylation is 1. The number of thiazole rings is 1. The van der Waals surface area contributed by atoms with Crippen molar-refractivity contribution in [2.75, 3.05) is 0 Å². The molecule has 0 fully saturated rings. The molecule has 5 nitrogen and oxygen atoms in total. The van der Waals surface area contributed by atoms with Crippen LogP contribution >= 0.6 is 11.3 Å². The number of hydrogen-bond donors (Lipinski definition) is 0. The Kier molecular flexibility index (Phi) is 4.34. The summed E-state index contributed by atoms with van der Waals surface area (Å²) in [7, 11) is 0. The van der Waals surface area contributed by atoms with Crippen molar-refractivity contribution < 1.29 is 4.39 Å². The summed E-state index contributed by atoms with van der Waals surface area (Å²) in [6, 6.07) is 15.9. The van der Waals surface area contributed by atoms with Gasteiger partial charge in [0.1, 0.15) is 5.82 Å². The van der Waals surface area contributed by atoms with E-state index in [1.54, 1.807) is 53.9 Å². The van der Waals surface area contributed by atoms with Crippen molar-refractivity contribution in [2.24, 2.45) is 0 Å². The molecule has 3 aromatic heterocycles. The predicted molar refractivity (Wildman–Crippen MR) is 114 cm³/mol. The van der Waals surface area contributed by atoms with E-state index >= 15 is 0 Å². The number of rotatable bonds is 3. The highest BCUT2D eigenvalue weighted by Gasteiger charge is 2.14. The molecule has 0 aliphatic rings. The Morgan fingerprint density at radius 1 is 1.03 bits per heavy atom. The van der Waals surface area contributed by atoms with Crippen molar-refractivity contribution in [3.63, 3.8) is 0 Å². The van der Waals surface area contributed by atoms with Crippen LogP contribution in [0.1, 0.15) is 10.6 Å². The molecule has 0 N–H and O–H groups in total. The quantitative estimate of drug-likeness (QED) is 0.393. The number of imidazole rings is 1. The molecule has 7 heteroatoms. The van der Waals surface area contributed by atoms with Crippen LogP contribution < -0.4 is 0 Å². The summed E-state index contributed by atoms with van der Waals surface area (Å²) in [6.45, 7) is 1.96. The van der Waals surface area contributed by atoms with Gasteiger partial charge in [-0.3, -0.25) is 4.40 Å². The van der Waals surface area contributed by atoms with Crippen LogP contribution in [0.2, 0.25) is 0 Å². The molecule has 5 rings (SSSR count). The van der Waals surface area contributed by atoms with Gasteiger partial charge >= 0.3 is 0 Å². The molecule has 0 radical (unpaired) electrons. The van der Waals surface area contributed by atoms with E-state index in [9.17, 15) is 9.65 Å². The molecule has 3 heterocycles. The Hall–Kier alpha value is -3.89. The lowest BCUT2D eigenvalue weighted by molar-refractivity contribution is 0.631. The number of benzene rings is 2. The van der Waals surface area contributed by atoms with Crippen molar-refractivity contribution in [3.05, 3.63) is 83.5 Å². The summed E-state index contributed by atoms with van der Waals surface area (Å²) in [5.74, 6) is 0.174. The largest absolute Gasteiger partial charge is 0.284 e. The minimum absolute atomic E-state index is 0.378. The Morgan fingerprint density at radius 2 is 1.90 bits per heavy atom. The number of aromatic nitrogens is 4. The maximum Gasteiger partial charge on any atom is 0.234 e. The fourth-order valence-electron chi connectivity index (χ4n) is 3.41. The van der Waals surface area contributed by atoms with Gasteiger partial charge in [0.05, 0.1) is 39.1 Å². The lowest BCUT2D eigenvalue weighted by Crippen LogP contribution is -1.94. The molecule has 0 amide bonds. The Labute approximate surface area is 175 Å². The zero-order valence-electron chi connectivity index (χ0n) is 15.9. The van der Waals surface area contributed by atoms with E-state index in [0.29, 0.717) is 22.5 Å². The lowest BCUT2D eigenvalue weighted by atomic mass is 9.97. The van der Waals surface area contributed by atoms with Gasteiger partial charge in [-0.1, -0.05) is 18.2 Å². The van der Waals surface area contributed by atoms with E-state index in [-0.39, 0.29) is 5.82 Å². The predicted octanol–water partition coefficient (Wildman–Crippen LogP) is 5.51. The van der Waals surface area contributed by atoms with Gasteiger partial charge in [-0.2, -0.15) is 5.26 Å². The number of nitriles is 1. The topological polar surface area (TPSA) is 66.9 Å². The molecule has 2 aromatic carbocycles. The molecule has 5 aromatic rings.